The Morgan fingerprint density at radius 1 is 1.00 bits per heavy atom. The van der Waals surface area contributed by atoms with Gasteiger partial charge in [0.1, 0.15) is 5.75 Å². The summed E-state index contributed by atoms with van der Waals surface area (Å²) in [7, 11) is 1.55. The molecule has 0 saturated carbocycles. The molecule has 1 heterocycles. The number of anilines is 1. The average molecular weight is 292 g/mol. The fraction of sp³-hybridized carbons (Fsp3) is 0.0556. The molecular weight excluding hydrogens is 276 g/mol. The summed E-state index contributed by atoms with van der Waals surface area (Å²) in [5.41, 5.74) is 2.24. The van der Waals surface area contributed by atoms with Crippen LogP contribution in [-0.2, 0) is 0 Å². The minimum Gasteiger partial charge on any atom is -0.496 e. The third-order valence-corrected chi connectivity index (χ3v) is 3.36. The Bertz CT molecular complexity index is 779. The topological polar surface area (TPSA) is 43.3 Å². The maximum atomic E-state index is 12.4. The second kappa shape index (κ2) is 6.18. The van der Waals surface area contributed by atoms with Gasteiger partial charge in [0.2, 0.25) is 0 Å². The number of benzene rings is 2. The summed E-state index contributed by atoms with van der Waals surface area (Å²) in [6, 6.07) is 18.8. The van der Waals surface area contributed by atoms with E-state index in [0.717, 1.165) is 11.4 Å². The molecule has 1 N–H and O–H groups in total. The van der Waals surface area contributed by atoms with Crippen LogP contribution in [0.2, 0.25) is 0 Å². The number of hydrogen-bond donors (Lipinski definition) is 1. The summed E-state index contributed by atoms with van der Waals surface area (Å²) in [4.78, 5) is 12.4. The van der Waals surface area contributed by atoms with Crippen molar-refractivity contribution in [2.24, 2.45) is 0 Å². The van der Waals surface area contributed by atoms with Gasteiger partial charge in [-0.3, -0.25) is 4.79 Å². The number of para-hydroxylation sites is 1. The molecular formula is C18H16N2O2. The van der Waals surface area contributed by atoms with E-state index in [1.807, 2.05) is 65.5 Å². The van der Waals surface area contributed by atoms with Crippen LogP contribution in [0.25, 0.3) is 5.69 Å². The Morgan fingerprint density at radius 2 is 1.77 bits per heavy atom. The van der Waals surface area contributed by atoms with E-state index in [9.17, 15) is 4.79 Å². The lowest BCUT2D eigenvalue weighted by Crippen LogP contribution is -2.13. The number of aromatic nitrogens is 1. The number of amides is 1. The quantitative estimate of drug-likeness (QED) is 0.796. The summed E-state index contributed by atoms with van der Waals surface area (Å²) in [5.74, 6) is 0.365. The third-order valence-electron chi connectivity index (χ3n) is 3.36. The molecule has 0 aliphatic heterocycles. The lowest BCUT2D eigenvalue weighted by atomic mass is 10.2. The molecule has 0 fully saturated rings. The number of carbonyl (C=O) groups excluding carboxylic acids is 1. The van der Waals surface area contributed by atoms with E-state index < -0.39 is 0 Å². The highest BCUT2D eigenvalue weighted by atomic mass is 16.5. The molecule has 1 aromatic heterocycles. The number of carbonyl (C=O) groups is 1. The van der Waals surface area contributed by atoms with Crippen LogP contribution in [0.1, 0.15) is 10.4 Å². The molecule has 0 aliphatic rings. The monoisotopic (exact) mass is 292 g/mol. The fourth-order valence-electron chi connectivity index (χ4n) is 2.28. The lowest BCUT2D eigenvalue weighted by Gasteiger charge is -2.10. The van der Waals surface area contributed by atoms with Gasteiger partial charge >= 0.3 is 0 Å². The Hall–Kier alpha value is -3.01. The number of nitrogens with one attached hydrogen (secondary N) is 1. The van der Waals surface area contributed by atoms with E-state index in [-0.39, 0.29) is 5.91 Å². The summed E-state index contributed by atoms with van der Waals surface area (Å²) in [6.45, 7) is 0. The third kappa shape index (κ3) is 2.86. The second-order valence-corrected chi connectivity index (χ2v) is 4.80. The van der Waals surface area contributed by atoms with Crippen LogP contribution in [0.15, 0.2) is 73.1 Å². The second-order valence-electron chi connectivity index (χ2n) is 4.80. The zero-order chi connectivity index (χ0) is 15.4. The molecule has 4 heteroatoms. The number of hydrogen-bond acceptors (Lipinski definition) is 2. The maximum absolute atomic E-state index is 12.4. The number of rotatable bonds is 4. The van der Waals surface area contributed by atoms with Gasteiger partial charge in [-0.05, 0) is 42.5 Å². The highest BCUT2D eigenvalue weighted by Crippen LogP contribution is 2.20. The van der Waals surface area contributed by atoms with Gasteiger partial charge in [-0.15, -0.1) is 0 Å². The van der Waals surface area contributed by atoms with Crippen molar-refractivity contribution in [1.82, 2.24) is 4.57 Å². The first-order chi connectivity index (χ1) is 10.8. The van der Waals surface area contributed by atoms with Gasteiger partial charge in [-0.2, -0.15) is 0 Å². The highest BCUT2D eigenvalue weighted by Gasteiger charge is 2.11. The molecule has 0 saturated heterocycles. The van der Waals surface area contributed by atoms with Crippen molar-refractivity contribution in [2.75, 3.05) is 12.4 Å². The van der Waals surface area contributed by atoms with Crippen LogP contribution in [0, 0.1) is 0 Å². The van der Waals surface area contributed by atoms with Crippen LogP contribution in [-0.4, -0.2) is 17.6 Å². The molecule has 2 aromatic carbocycles. The van der Waals surface area contributed by atoms with Gasteiger partial charge in [0.05, 0.1) is 12.7 Å². The van der Waals surface area contributed by atoms with Crippen LogP contribution in [0.4, 0.5) is 5.69 Å². The van der Waals surface area contributed by atoms with Crippen LogP contribution < -0.4 is 10.1 Å². The SMILES string of the molecule is COc1ccccc1C(=O)Nc1cccc(-n2cccc2)c1. The largest absolute Gasteiger partial charge is 0.496 e. The Kier molecular flexibility index (Phi) is 3.92. The zero-order valence-electron chi connectivity index (χ0n) is 12.2. The van der Waals surface area contributed by atoms with Crippen LogP contribution >= 0.6 is 0 Å². The van der Waals surface area contributed by atoms with E-state index in [0.29, 0.717) is 11.3 Å². The fourth-order valence-corrected chi connectivity index (χ4v) is 2.28. The minimum atomic E-state index is -0.192. The van der Waals surface area contributed by atoms with E-state index in [1.165, 1.54) is 0 Å². The predicted octanol–water partition coefficient (Wildman–Crippen LogP) is 3.74. The van der Waals surface area contributed by atoms with Crippen molar-refractivity contribution in [3.05, 3.63) is 78.6 Å². The van der Waals surface area contributed by atoms with Crippen LogP contribution in [0.5, 0.6) is 5.75 Å². The predicted molar refractivity (Wildman–Crippen MR) is 86.7 cm³/mol. The first-order valence-corrected chi connectivity index (χ1v) is 6.96. The molecule has 0 bridgehead atoms. The van der Waals surface area contributed by atoms with Gasteiger partial charge < -0.3 is 14.6 Å². The van der Waals surface area contributed by atoms with Crippen LogP contribution in [0.3, 0.4) is 0 Å². The first-order valence-electron chi connectivity index (χ1n) is 6.96. The summed E-state index contributed by atoms with van der Waals surface area (Å²) >= 11 is 0. The van der Waals surface area contributed by atoms with Crippen molar-refractivity contribution >= 4 is 11.6 Å². The molecule has 3 aromatic rings. The highest BCUT2D eigenvalue weighted by molar-refractivity contribution is 6.06. The molecule has 3 rings (SSSR count). The van der Waals surface area contributed by atoms with Gasteiger partial charge in [-0.1, -0.05) is 18.2 Å². The van der Waals surface area contributed by atoms with E-state index in [1.54, 1.807) is 19.2 Å². The summed E-state index contributed by atoms with van der Waals surface area (Å²) in [5, 5.41) is 2.90. The average Bonchev–Trinajstić information content (AvgIpc) is 3.09. The standard InChI is InChI=1S/C18H16N2O2/c1-22-17-10-3-2-9-16(17)18(21)19-14-7-6-8-15(13-14)20-11-4-5-12-20/h2-13H,1H3,(H,19,21). The van der Waals surface area contributed by atoms with Gasteiger partial charge in [0.25, 0.3) is 5.91 Å². The molecule has 0 unspecified atom stereocenters. The van der Waals surface area contributed by atoms with Crippen molar-refractivity contribution in [1.29, 1.82) is 0 Å². The molecule has 1 amide bonds. The number of ether oxygens (including phenoxy) is 1. The summed E-state index contributed by atoms with van der Waals surface area (Å²) < 4.78 is 7.21. The minimum absolute atomic E-state index is 0.192. The van der Waals surface area contributed by atoms with Crippen molar-refractivity contribution in [3.63, 3.8) is 0 Å². The maximum Gasteiger partial charge on any atom is 0.259 e. The smallest absolute Gasteiger partial charge is 0.259 e. The van der Waals surface area contributed by atoms with Crippen molar-refractivity contribution < 1.29 is 9.53 Å². The first kappa shape index (κ1) is 13.9. The zero-order valence-corrected chi connectivity index (χ0v) is 12.2. The molecule has 4 nitrogen and oxygen atoms in total. The molecule has 0 aliphatic carbocycles. The molecule has 110 valence electrons. The lowest BCUT2D eigenvalue weighted by molar-refractivity contribution is 0.102. The number of methoxy groups -OCH3 is 1. The normalized spacial score (nSPS) is 10.2. The van der Waals surface area contributed by atoms with E-state index >= 15 is 0 Å². The van der Waals surface area contributed by atoms with Gasteiger partial charge in [-0.25, -0.2) is 0 Å². The van der Waals surface area contributed by atoms with E-state index in [2.05, 4.69) is 5.32 Å². The summed E-state index contributed by atoms with van der Waals surface area (Å²) in [6.07, 6.45) is 3.92. The Balaban J connectivity index is 1.84. The van der Waals surface area contributed by atoms with E-state index in [4.69, 9.17) is 4.74 Å². The van der Waals surface area contributed by atoms with Gasteiger partial charge in [0.15, 0.2) is 0 Å². The molecule has 22 heavy (non-hydrogen) atoms. The molecule has 0 radical (unpaired) electrons. The van der Waals surface area contributed by atoms with Crippen molar-refractivity contribution in [2.45, 2.75) is 0 Å². The van der Waals surface area contributed by atoms with Gasteiger partial charge in [0, 0.05) is 23.8 Å². The molecule has 0 spiro atoms. The number of nitrogens with zero attached hydrogens (tertiary/aromatic N) is 1. The Labute approximate surface area is 129 Å². The Morgan fingerprint density at radius 3 is 2.55 bits per heavy atom. The van der Waals surface area contributed by atoms with Crippen molar-refractivity contribution in [3.8, 4) is 11.4 Å². The molecule has 0 atom stereocenters.